The Labute approximate surface area is 411 Å². The molecule has 8 bridgehead atoms. The number of nitrogens with zero attached hydrogens (tertiary/aromatic N) is 7. The predicted octanol–water partition coefficient (Wildman–Crippen LogP) is 3.49. The van der Waals surface area contributed by atoms with E-state index in [9.17, 15) is 0 Å². The summed E-state index contributed by atoms with van der Waals surface area (Å²) in [7, 11) is 7.15. The average Bonchev–Trinajstić information content (AvgIpc) is 4.24. The Morgan fingerprint density at radius 1 is 0.493 bits per heavy atom. The van der Waals surface area contributed by atoms with E-state index < -0.39 is 27.7 Å². The van der Waals surface area contributed by atoms with Crippen LogP contribution in [0.1, 0.15) is 33.6 Å². The van der Waals surface area contributed by atoms with E-state index in [1.165, 1.54) is 9.80 Å². The van der Waals surface area contributed by atoms with E-state index in [0.717, 1.165) is 27.8 Å². The van der Waals surface area contributed by atoms with Gasteiger partial charge in [-0.1, -0.05) is 146 Å². The van der Waals surface area contributed by atoms with Gasteiger partial charge in [0.15, 0.2) is 0 Å². The average molecular weight is 960 g/mol. The van der Waals surface area contributed by atoms with E-state index >= 15 is 19.2 Å². The van der Waals surface area contributed by atoms with E-state index in [1.54, 1.807) is 14.1 Å². The summed E-state index contributed by atoms with van der Waals surface area (Å²) in [6, 6.07) is 46.7. The number of hydrogen-bond acceptors (Lipinski definition) is 8. The van der Waals surface area contributed by atoms with Crippen LogP contribution >= 0.6 is 0 Å². The smallest absolute Gasteiger partial charge is 0.657 e. The van der Waals surface area contributed by atoms with Crippen molar-refractivity contribution < 1.29 is 38.7 Å². The minimum Gasteiger partial charge on any atom is -0.657 e. The van der Waals surface area contributed by atoms with Crippen molar-refractivity contribution in [2.24, 2.45) is 26.7 Å². The summed E-state index contributed by atoms with van der Waals surface area (Å²) < 4.78 is 0. The minimum atomic E-state index is -1.42. The van der Waals surface area contributed by atoms with Crippen LogP contribution in [0.3, 0.4) is 0 Å². The molecule has 5 atom stereocenters. The maximum absolute atomic E-state index is 15.4. The number of carbonyl (C=O) groups is 4. The van der Waals surface area contributed by atoms with Gasteiger partial charge in [-0.3, -0.25) is 34.0 Å². The minimum absolute atomic E-state index is 0. The van der Waals surface area contributed by atoms with Gasteiger partial charge in [0.05, 0.1) is 17.5 Å². The van der Waals surface area contributed by atoms with Gasteiger partial charge >= 0.3 is 19.5 Å². The van der Waals surface area contributed by atoms with Crippen molar-refractivity contribution in [2.45, 2.75) is 6.04 Å². The van der Waals surface area contributed by atoms with Crippen LogP contribution in [0, 0.1) is 21.7 Å². The molecule has 5 fully saturated rings. The van der Waals surface area contributed by atoms with Gasteiger partial charge in [0, 0.05) is 46.0 Å². The Hall–Kier alpha value is -7.05. The second kappa shape index (κ2) is 15.0. The van der Waals surface area contributed by atoms with Crippen LogP contribution in [-0.4, -0.2) is 109 Å². The Morgan fingerprint density at radius 3 is 1.58 bits per heavy atom. The number of aliphatic imine (C=N–C) groups is 1. The molecule has 0 aliphatic carbocycles. The van der Waals surface area contributed by atoms with E-state index in [-0.39, 0.29) is 62.7 Å². The quantitative estimate of drug-likeness (QED) is 0.209. The number of rotatable bonds is 4. The number of nitrogens with one attached hydrogen (secondary N) is 1. The topological polar surface area (TPSA) is 134 Å². The Bertz CT molecular complexity index is 3450. The van der Waals surface area contributed by atoms with Crippen LogP contribution in [0.2, 0.25) is 0 Å². The van der Waals surface area contributed by atoms with E-state index in [1.807, 2.05) is 160 Å². The number of imide groups is 2. The molecular weight excluding hydrogens is 914 g/mol. The van der Waals surface area contributed by atoms with Gasteiger partial charge in [0.2, 0.25) is 23.6 Å². The van der Waals surface area contributed by atoms with Gasteiger partial charge in [-0.15, -0.1) is 22.1 Å². The second-order valence-electron chi connectivity index (χ2n) is 19.6. The fraction of sp³-hybridized carbons (Fsp3) is 0.232. The largest absolute Gasteiger partial charge is 2.00 e. The number of benzene rings is 4. The van der Waals surface area contributed by atoms with Gasteiger partial charge in [0.1, 0.15) is 21.7 Å². The van der Waals surface area contributed by atoms with Crippen LogP contribution < -0.4 is 26.0 Å². The fourth-order valence-corrected chi connectivity index (χ4v) is 13.5. The van der Waals surface area contributed by atoms with Gasteiger partial charge in [-0.25, -0.2) is 0 Å². The molecule has 13 heteroatoms. The summed E-state index contributed by atoms with van der Waals surface area (Å²) in [5.41, 5.74) is 3.16. The van der Waals surface area contributed by atoms with Crippen molar-refractivity contribution in [1.82, 2.24) is 34.9 Å². The molecule has 6 aromatic rings. The second-order valence-corrected chi connectivity index (χ2v) is 19.6. The summed E-state index contributed by atoms with van der Waals surface area (Å²) in [5.74, 6) is -1.16. The molecule has 9 heterocycles. The summed E-state index contributed by atoms with van der Waals surface area (Å²) >= 11 is 0. The van der Waals surface area contributed by atoms with Crippen molar-refractivity contribution in [2.75, 3.05) is 54.4 Å². The normalized spacial score (nSPS) is 31.9. The Kier molecular flexibility index (Phi) is 9.39. The molecule has 0 saturated carbocycles. The van der Waals surface area contributed by atoms with Gasteiger partial charge in [-0.2, -0.15) is 0 Å². The third kappa shape index (κ3) is 5.25. The Morgan fingerprint density at radius 2 is 0.957 bits per heavy atom. The molecule has 13 rings (SSSR count). The standard InChI is InChI=1S/C56H46N8O4.Zn/c1-61-29-53-45-41(33-17-9-5-10-18-33)37-25-27-39(57-37)43(35-21-13-7-14-22-35)47-55-31-62(2)32-56(55,52(68)64(4)51(55)67)48(60-47)44(36-23-15-8-16-24-36)40-28-26-38(58-40)42(34-19-11-6-12-20-34)46(59-45)54(53,30-61)50(66)63(3)49(53)65;/h5-28,45,59H,29-32H2,1-4H3;/q-2;+2/b41-37-,46-42-,48-44-;. The number of carbonyl (C=O) groups excluding carboxylic acids is 4. The van der Waals surface area contributed by atoms with Gasteiger partial charge < -0.3 is 25.1 Å². The summed E-state index contributed by atoms with van der Waals surface area (Å²) in [5, 5.41) is 5.14. The molecular formula is C56H46N8O4Zn. The van der Waals surface area contributed by atoms with E-state index in [0.29, 0.717) is 62.5 Å². The zero-order valence-electron chi connectivity index (χ0n) is 38.7. The number of hydrogen-bond donors (Lipinski definition) is 1. The molecule has 0 spiro atoms. The summed E-state index contributed by atoms with van der Waals surface area (Å²) in [6.07, 6.45) is 0. The van der Waals surface area contributed by atoms with Gasteiger partial charge in [0.25, 0.3) is 0 Å². The molecule has 7 aliphatic heterocycles. The van der Waals surface area contributed by atoms with Crippen molar-refractivity contribution in [1.29, 1.82) is 0 Å². The summed E-state index contributed by atoms with van der Waals surface area (Å²) in [6.45, 7) is 1.08. The van der Waals surface area contributed by atoms with Crippen LogP contribution in [-0.2, 0) is 38.7 Å². The van der Waals surface area contributed by atoms with Crippen molar-refractivity contribution in [3.63, 3.8) is 0 Å². The molecule has 336 valence electrons. The number of likely N-dealkylation sites (tertiary alicyclic amines) is 4. The first-order valence-electron chi connectivity index (χ1n) is 23.1. The van der Waals surface area contributed by atoms with Crippen molar-refractivity contribution >= 4 is 51.6 Å². The zero-order valence-corrected chi connectivity index (χ0v) is 41.7. The van der Waals surface area contributed by atoms with E-state index in [2.05, 4.69) is 15.1 Å². The molecule has 2 aromatic heterocycles. The van der Waals surface area contributed by atoms with E-state index in [4.69, 9.17) is 15.0 Å². The maximum atomic E-state index is 15.4. The predicted molar refractivity (Wildman–Crippen MR) is 256 cm³/mol. The van der Waals surface area contributed by atoms with Crippen LogP contribution in [0.5, 0.6) is 0 Å². The number of fused-ring (bicyclic) bond motifs is 7. The van der Waals surface area contributed by atoms with Crippen molar-refractivity contribution in [3.8, 4) is 0 Å². The van der Waals surface area contributed by atoms with Crippen LogP contribution in [0.25, 0.3) is 22.3 Å². The zero-order chi connectivity index (χ0) is 46.5. The van der Waals surface area contributed by atoms with Crippen LogP contribution in [0.15, 0.2) is 162 Å². The van der Waals surface area contributed by atoms with Crippen molar-refractivity contribution in [3.05, 3.63) is 201 Å². The third-order valence-corrected chi connectivity index (χ3v) is 16.1. The molecule has 4 aromatic carbocycles. The SMILES string of the molecule is CN1CC23C(=O)N(C)C(=O)C2(C1)/C1=C(\c2ccccc2)c2ccc([n-]2)/C(c2ccccc2)=C2\NC(/C(c4ccccc4)=c4/cc/c([n-]4)=C(\c4ccccc4)C3=N1)C13CN(C)CC21C(=O)N(C)C3=O.[Zn+2]. The third-order valence-electron chi connectivity index (χ3n) is 16.1. The molecule has 12 nitrogen and oxygen atoms in total. The molecule has 5 unspecified atom stereocenters. The van der Waals surface area contributed by atoms with Gasteiger partial charge in [-0.05, 0) is 58.6 Å². The first kappa shape index (κ1) is 43.2. The maximum Gasteiger partial charge on any atom is 2.00 e. The first-order valence-corrected chi connectivity index (χ1v) is 23.1. The first-order chi connectivity index (χ1) is 33.0. The van der Waals surface area contributed by atoms with Crippen LogP contribution in [0.4, 0.5) is 0 Å². The molecule has 4 amide bonds. The monoisotopic (exact) mass is 958 g/mol. The molecule has 0 radical (unpaired) electrons. The molecule has 5 saturated heterocycles. The molecule has 69 heavy (non-hydrogen) atoms. The Balaban J connectivity index is 0.00000492. The molecule has 1 N–H and O–H groups in total. The summed E-state index contributed by atoms with van der Waals surface area (Å²) in [4.78, 5) is 85.4. The number of amides is 4. The molecule has 7 aliphatic rings. The number of aromatic nitrogens is 2. The fourth-order valence-electron chi connectivity index (χ4n) is 13.5.